The van der Waals surface area contributed by atoms with Crippen molar-refractivity contribution in [2.75, 3.05) is 0 Å². The first-order chi connectivity index (χ1) is 32.3. The maximum absolute atomic E-state index is 4.54. The molecule has 328 valence electrons. The maximum atomic E-state index is 4.54. The van der Waals surface area contributed by atoms with Gasteiger partial charge in [-0.25, -0.2) is 0 Å². The van der Waals surface area contributed by atoms with E-state index >= 15 is 0 Å². The Morgan fingerprint density at radius 3 is 1.51 bits per heavy atom. The molecule has 0 heterocycles. The van der Waals surface area contributed by atoms with Crippen LogP contribution in [0.1, 0.15) is 112 Å². The Hall–Kier alpha value is -5.44. The van der Waals surface area contributed by atoms with Gasteiger partial charge in [0.05, 0.1) is 0 Å². The van der Waals surface area contributed by atoms with Crippen LogP contribution in [0, 0.1) is 4.37 Å². The molecule has 1 atom stereocenters. The van der Waals surface area contributed by atoms with Crippen molar-refractivity contribution in [3.05, 3.63) is 231 Å². The third-order valence-corrected chi connectivity index (χ3v) is 21.7. The Labute approximate surface area is 412 Å². The molecule has 0 spiro atoms. The third kappa shape index (κ3) is 6.59. The van der Waals surface area contributed by atoms with Crippen LogP contribution >= 0.6 is 7.26 Å². The topological polar surface area (TPSA) is 0 Å². The van der Waals surface area contributed by atoms with Gasteiger partial charge in [0.2, 0.25) is 0 Å². The summed E-state index contributed by atoms with van der Waals surface area (Å²) in [6.45, 7) is 16.4. The van der Waals surface area contributed by atoms with E-state index in [1.54, 1.807) is 0 Å². The monoisotopic (exact) mass is 1080 g/mol. The minimum atomic E-state index is -2.48. The van der Waals surface area contributed by atoms with Gasteiger partial charge < -0.3 is 0 Å². The average Bonchev–Trinajstić information content (AvgIpc) is 4.02. The first kappa shape index (κ1) is 44.1. The van der Waals surface area contributed by atoms with Crippen molar-refractivity contribution >= 4 is 45.1 Å². The molecule has 1 fully saturated rings. The smallest absolute Gasteiger partial charge is 0.0159 e. The van der Waals surface area contributed by atoms with Crippen molar-refractivity contribution in [2.24, 2.45) is 0 Å². The van der Waals surface area contributed by atoms with Crippen LogP contribution in [0.15, 0.2) is 186 Å². The zero-order chi connectivity index (χ0) is 46.5. The van der Waals surface area contributed by atoms with Gasteiger partial charge >= 0.3 is 325 Å². The minimum absolute atomic E-state index is 0.0993. The number of rotatable bonds is 7. The van der Waals surface area contributed by atoms with Crippen molar-refractivity contribution < 1.29 is 17.9 Å². The second kappa shape index (κ2) is 16.4. The van der Waals surface area contributed by atoms with Gasteiger partial charge in [-0.3, -0.25) is 0 Å². The molecule has 1 unspecified atom stereocenters. The van der Waals surface area contributed by atoms with E-state index in [1.165, 1.54) is 122 Å². The Balaban J connectivity index is 1.11. The van der Waals surface area contributed by atoms with Crippen molar-refractivity contribution in [3.63, 3.8) is 0 Å². The number of hydrogen-bond donors (Lipinski definition) is 0. The summed E-state index contributed by atoms with van der Waals surface area (Å²) in [6.07, 6.45) is 12.6. The third-order valence-electron chi connectivity index (χ3n) is 15.8. The zero-order valence-electron chi connectivity index (χ0n) is 39.7. The molecule has 0 aliphatic heterocycles. The first-order valence-electron chi connectivity index (χ1n) is 23.9. The van der Waals surface area contributed by atoms with Crippen LogP contribution in [0.5, 0.6) is 0 Å². The van der Waals surface area contributed by atoms with E-state index in [-0.39, 0.29) is 10.8 Å². The molecule has 7 aromatic rings. The fourth-order valence-corrected chi connectivity index (χ4v) is 18.5. The second-order valence-corrected chi connectivity index (χ2v) is 25.2. The minimum Gasteiger partial charge on any atom is -0.0871 e. The van der Waals surface area contributed by atoms with Crippen molar-refractivity contribution in [2.45, 2.75) is 83.6 Å². The second-order valence-electron chi connectivity index (χ2n) is 20.2. The molecule has 3 radical (unpaired) electrons. The molecule has 0 aromatic heterocycles. The van der Waals surface area contributed by atoms with Gasteiger partial charge in [0.15, 0.2) is 0 Å². The molecule has 3 heteroatoms. The van der Waals surface area contributed by atoms with Crippen molar-refractivity contribution in [1.29, 1.82) is 0 Å². The largest absolute Gasteiger partial charge is 0.0871 e. The van der Waals surface area contributed by atoms with E-state index in [4.69, 9.17) is 0 Å². The summed E-state index contributed by atoms with van der Waals surface area (Å²) < 4.78 is 4.01. The summed E-state index contributed by atoms with van der Waals surface area (Å²) in [5, 5.41) is 4.88. The Morgan fingerprint density at radius 1 is 0.537 bits per heavy atom. The van der Waals surface area contributed by atoms with E-state index in [9.17, 15) is 0 Å². The molecule has 0 N–H and O–H groups in total. The predicted octanol–water partition coefficient (Wildman–Crippen LogP) is 15.0. The van der Waals surface area contributed by atoms with Crippen LogP contribution in [-0.4, -0.2) is 10.2 Å². The molecule has 0 amide bonds. The first-order valence-corrected chi connectivity index (χ1v) is 27.5. The van der Waals surface area contributed by atoms with E-state index in [0.29, 0.717) is 0 Å². The van der Waals surface area contributed by atoms with Gasteiger partial charge in [-0.15, -0.1) is 0 Å². The molecule has 0 saturated heterocycles. The molecule has 7 aromatic carbocycles. The normalized spacial score (nSPS) is 19.7. The summed E-state index contributed by atoms with van der Waals surface area (Å²) >= 11 is 1.88. The molecule has 67 heavy (non-hydrogen) atoms. The van der Waals surface area contributed by atoms with E-state index < -0.39 is 12.3 Å². The van der Waals surface area contributed by atoms with Gasteiger partial charge in [-0.2, -0.15) is 0 Å². The fourth-order valence-electron chi connectivity index (χ4n) is 12.3. The molecular weight excluding hydrogens is 1020 g/mol. The quantitative estimate of drug-likeness (QED) is 0.110. The Bertz CT molecular complexity index is 3260. The van der Waals surface area contributed by atoms with Gasteiger partial charge in [0.1, 0.15) is 0 Å². The van der Waals surface area contributed by atoms with Crippen LogP contribution in [0.25, 0.3) is 45.0 Å². The van der Waals surface area contributed by atoms with E-state index in [0.717, 1.165) is 12.8 Å². The van der Waals surface area contributed by atoms with Crippen LogP contribution in [-0.2, 0) is 33.8 Å². The molecule has 0 bridgehead atoms. The summed E-state index contributed by atoms with van der Waals surface area (Å²) in [6, 6.07) is 58.5. The summed E-state index contributed by atoms with van der Waals surface area (Å²) in [4.78, 5) is 0. The van der Waals surface area contributed by atoms with Gasteiger partial charge in [0, 0.05) is 5.41 Å². The number of hydrogen-bond acceptors (Lipinski definition) is 0. The van der Waals surface area contributed by atoms with Crippen LogP contribution in [0.3, 0.4) is 0 Å². The Kier molecular flexibility index (Phi) is 10.8. The predicted molar refractivity (Wildman–Crippen MR) is 286 cm³/mol. The SMILES string of the molecule is CC=C1CCCC1=CC(=C([C]#[Os])[P+](c1ccccc1)(c1ccccc1)c1ccccc1)c1ccc2c(c1)C(C)([Si])c1cc3c(cc1-2)C(C)(C)c1cc2c(cc1-3)C(C)(C)c1cc(/C=C/C)ccc1-2. The average molecular weight is 1070 g/mol. The van der Waals surface area contributed by atoms with E-state index in [2.05, 4.69) is 239 Å². The van der Waals surface area contributed by atoms with Gasteiger partial charge in [-0.05, 0) is 40.8 Å². The fraction of sp³-hybridized carbons (Fsp3) is 0.203. The van der Waals surface area contributed by atoms with E-state index in [1.807, 2.05) is 17.9 Å². The number of fused-ring (bicyclic) bond motifs is 9. The standard InChI is InChI=1S/C64H56PSi.Os/c1-9-21-42-30-32-49-52-37-58-54(39-57(52)62(4,5)56(49)34-42)55-40-61-53(38-59(55)63(58,6)7)50-33-31-45(36-60(50)64(61,8)66)51(35-44-23-20-22-43(44)10-2)41(3)65(46-24-14-11-15-25-46,47-26-16-12-17-27-47)48-28-18-13-19-29-48;/h9-19,21,24-40H,20,22-23H2,1-2,4-8H3;/q+1;/b21-9+,43-10?,44-35?,51-41?;. The van der Waals surface area contributed by atoms with Crippen LogP contribution < -0.4 is 15.9 Å². The zero-order valence-corrected chi connectivity index (χ0v) is 44.1. The summed E-state index contributed by atoms with van der Waals surface area (Å²) in [7, 11) is 2.06. The van der Waals surface area contributed by atoms with Gasteiger partial charge in [0.25, 0.3) is 0 Å². The van der Waals surface area contributed by atoms with Crippen molar-refractivity contribution in [3.8, 4) is 37.8 Å². The Morgan fingerprint density at radius 2 is 0.985 bits per heavy atom. The van der Waals surface area contributed by atoms with Crippen LogP contribution in [0.2, 0.25) is 0 Å². The van der Waals surface area contributed by atoms with Crippen LogP contribution in [0.4, 0.5) is 0 Å². The molecular formula is C64H56OsPSi+. The molecule has 4 aliphatic carbocycles. The van der Waals surface area contributed by atoms with Crippen molar-refractivity contribution in [1.82, 2.24) is 0 Å². The summed E-state index contributed by atoms with van der Waals surface area (Å²) in [5.41, 5.74) is 22.9. The molecule has 4 aliphatic rings. The van der Waals surface area contributed by atoms with Gasteiger partial charge in [-0.1, -0.05) is 44.2 Å². The maximum Gasteiger partial charge on any atom is 0.0159 e. The number of benzene rings is 7. The molecule has 11 rings (SSSR count). The summed E-state index contributed by atoms with van der Waals surface area (Å²) in [5.74, 6) is 0. The number of allylic oxidation sites excluding steroid dienone is 7. The molecule has 0 nitrogen and oxygen atoms in total. The molecule has 1 saturated carbocycles.